The van der Waals surface area contributed by atoms with E-state index in [-0.39, 0.29) is 29.8 Å². The average Bonchev–Trinajstić information content (AvgIpc) is 2.32. The number of carbonyl (C=O) groups is 2. The van der Waals surface area contributed by atoms with Gasteiger partial charge >= 0.3 is 0 Å². The van der Waals surface area contributed by atoms with Gasteiger partial charge in [0.05, 0.1) is 5.92 Å². The Balaban J connectivity index is 1.89. The molecule has 1 aliphatic carbocycles. The first-order valence-electron chi connectivity index (χ1n) is 6.52. The molecule has 1 heterocycles. The molecule has 2 rings (SSSR count). The predicted molar refractivity (Wildman–Crippen MR) is 64.1 cm³/mol. The zero-order valence-electron chi connectivity index (χ0n) is 10.1. The van der Waals surface area contributed by atoms with E-state index in [1.165, 1.54) is 0 Å². The summed E-state index contributed by atoms with van der Waals surface area (Å²) in [6, 6.07) is -0.402. The summed E-state index contributed by atoms with van der Waals surface area (Å²) in [5, 5.41) is 5.60. The van der Waals surface area contributed by atoms with Crippen molar-refractivity contribution in [3.8, 4) is 0 Å². The summed E-state index contributed by atoms with van der Waals surface area (Å²) < 4.78 is 0. The second kappa shape index (κ2) is 5.49. The summed E-state index contributed by atoms with van der Waals surface area (Å²) in [6.45, 7) is 0.716. The highest BCUT2D eigenvalue weighted by Crippen LogP contribution is 2.23. The van der Waals surface area contributed by atoms with Crippen LogP contribution in [0.3, 0.4) is 0 Å². The molecule has 5 nitrogen and oxygen atoms in total. The zero-order chi connectivity index (χ0) is 12.3. The van der Waals surface area contributed by atoms with Crippen LogP contribution in [0.25, 0.3) is 0 Å². The SMILES string of the molecule is NC1CCCCC1C(=O)NC1CCCNC1=O. The molecule has 96 valence electrons. The maximum Gasteiger partial charge on any atom is 0.242 e. The minimum absolute atomic E-state index is 0.0424. The first kappa shape index (κ1) is 12.4. The molecule has 2 fully saturated rings. The number of carbonyl (C=O) groups excluding carboxylic acids is 2. The molecule has 0 radical (unpaired) electrons. The molecule has 5 heteroatoms. The Labute approximate surface area is 102 Å². The van der Waals surface area contributed by atoms with E-state index in [2.05, 4.69) is 10.6 Å². The van der Waals surface area contributed by atoms with Crippen LogP contribution >= 0.6 is 0 Å². The van der Waals surface area contributed by atoms with Crippen LogP contribution in [0.15, 0.2) is 0 Å². The molecule has 1 aliphatic heterocycles. The molecule has 0 bridgehead atoms. The van der Waals surface area contributed by atoms with Gasteiger partial charge in [0.1, 0.15) is 6.04 Å². The van der Waals surface area contributed by atoms with Gasteiger partial charge in [-0.25, -0.2) is 0 Å². The Kier molecular flexibility index (Phi) is 3.99. The van der Waals surface area contributed by atoms with Crippen molar-refractivity contribution >= 4 is 11.8 Å². The number of rotatable bonds is 2. The summed E-state index contributed by atoms with van der Waals surface area (Å²) in [4.78, 5) is 23.6. The van der Waals surface area contributed by atoms with Gasteiger partial charge in [0.25, 0.3) is 0 Å². The fourth-order valence-electron chi connectivity index (χ4n) is 2.67. The topological polar surface area (TPSA) is 84.2 Å². The molecule has 3 unspecified atom stereocenters. The summed E-state index contributed by atoms with van der Waals surface area (Å²) >= 11 is 0. The second-order valence-corrected chi connectivity index (χ2v) is 5.05. The van der Waals surface area contributed by atoms with Gasteiger partial charge in [0.15, 0.2) is 0 Å². The molecule has 0 spiro atoms. The van der Waals surface area contributed by atoms with Crippen LogP contribution in [-0.2, 0) is 9.59 Å². The number of nitrogens with one attached hydrogen (secondary N) is 2. The molecule has 3 atom stereocenters. The quantitative estimate of drug-likeness (QED) is 0.629. The van der Waals surface area contributed by atoms with Crippen molar-refractivity contribution in [2.24, 2.45) is 11.7 Å². The minimum atomic E-state index is -0.356. The van der Waals surface area contributed by atoms with Crippen LogP contribution in [0.4, 0.5) is 0 Å². The van der Waals surface area contributed by atoms with Crippen molar-refractivity contribution in [3.05, 3.63) is 0 Å². The fourth-order valence-corrected chi connectivity index (χ4v) is 2.67. The van der Waals surface area contributed by atoms with E-state index in [0.29, 0.717) is 6.54 Å². The standard InChI is InChI=1S/C12H21N3O2/c13-9-5-2-1-4-8(9)11(16)15-10-6-3-7-14-12(10)17/h8-10H,1-7,13H2,(H,14,17)(H,15,16). The average molecular weight is 239 g/mol. The fraction of sp³-hybridized carbons (Fsp3) is 0.833. The van der Waals surface area contributed by atoms with Gasteiger partial charge in [-0.1, -0.05) is 12.8 Å². The molecule has 2 aliphatic rings. The molecule has 1 saturated carbocycles. The van der Waals surface area contributed by atoms with E-state index in [1.807, 2.05) is 0 Å². The highest BCUT2D eigenvalue weighted by atomic mass is 16.2. The number of amides is 2. The van der Waals surface area contributed by atoms with Crippen molar-refractivity contribution in [1.82, 2.24) is 10.6 Å². The lowest BCUT2D eigenvalue weighted by molar-refractivity contribution is -0.133. The lowest BCUT2D eigenvalue weighted by atomic mass is 9.84. The normalized spacial score (nSPS) is 33.9. The van der Waals surface area contributed by atoms with Crippen molar-refractivity contribution < 1.29 is 9.59 Å². The van der Waals surface area contributed by atoms with Crippen molar-refractivity contribution in [3.63, 3.8) is 0 Å². The zero-order valence-corrected chi connectivity index (χ0v) is 10.1. The molecule has 0 aromatic carbocycles. The third kappa shape index (κ3) is 2.97. The molecule has 1 saturated heterocycles. The molecule has 2 amide bonds. The van der Waals surface area contributed by atoms with E-state index in [0.717, 1.165) is 38.5 Å². The summed E-state index contributed by atoms with van der Waals surface area (Å²) in [6.07, 6.45) is 5.58. The first-order valence-corrected chi connectivity index (χ1v) is 6.52. The van der Waals surface area contributed by atoms with Gasteiger partial charge in [0.2, 0.25) is 11.8 Å². The van der Waals surface area contributed by atoms with E-state index in [4.69, 9.17) is 5.73 Å². The summed E-state index contributed by atoms with van der Waals surface area (Å²) in [5.41, 5.74) is 5.96. The number of hydrogen-bond acceptors (Lipinski definition) is 3. The largest absolute Gasteiger partial charge is 0.354 e. The van der Waals surface area contributed by atoms with Gasteiger partial charge in [0, 0.05) is 12.6 Å². The van der Waals surface area contributed by atoms with Crippen molar-refractivity contribution in [2.75, 3.05) is 6.54 Å². The molecular weight excluding hydrogens is 218 g/mol. The first-order chi connectivity index (χ1) is 8.18. The van der Waals surface area contributed by atoms with E-state index in [9.17, 15) is 9.59 Å². The van der Waals surface area contributed by atoms with E-state index in [1.54, 1.807) is 0 Å². The minimum Gasteiger partial charge on any atom is -0.354 e. The number of nitrogens with two attached hydrogens (primary N) is 1. The van der Waals surface area contributed by atoms with Gasteiger partial charge in [-0.05, 0) is 25.7 Å². The molecule has 0 aromatic rings. The lowest BCUT2D eigenvalue weighted by Gasteiger charge is -2.30. The third-order valence-electron chi connectivity index (χ3n) is 3.76. The Hall–Kier alpha value is -1.10. The van der Waals surface area contributed by atoms with Crippen LogP contribution < -0.4 is 16.4 Å². The monoisotopic (exact) mass is 239 g/mol. The molecular formula is C12H21N3O2. The third-order valence-corrected chi connectivity index (χ3v) is 3.76. The summed E-state index contributed by atoms with van der Waals surface area (Å²) in [7, 11) is 0. The Morgan fingerprint density at radius 2 is 2.00 bits per heavy atom. The Morgan fingerprint density at radius 1 is 1.24 bits per heavy atom. The van der Waals surface area contributed by atoms with Crippen molar-refractivity contribution in [2.45, 2.75) is 50.6 Å². The van der Waals surface area contributed by atoms with Crippen LogP contribution in [0.1, 0.15) is 38.5 Å². The van der Waals surface area contributed by atoms with Gasteiger partial charge < -0.3 is 16.4 Å². The van der Waals surface area contributed by atoms with Gasteiger partial charge in [-0.2, -0.15) is 0 Å². The lowest BCUT2D eigenvalue weighted by Crippen LogP contribution is -2.53. The highest BCUT2D eigenvalue weighted by molar-refractivity contribution is 5.89. The van der Waals surface area contributed by atoms with Crippen LogP contribution in [0.2, 0.25) is 0 Å². The number of hydrogen-bond donors (Lipinski definition) is 3. The van der Waals surface area contributed by atoms with E-state index >= 15 is 0 Å². The molecule has 4 N–H and O–H groups in total. The Bertz CT molecular complexity index is 306. The second-order valence-electron chi connectivity index (χ2n) is 5.05. The maximum atomic E-state index is 12.1. The predicted octanol–water partition coefficient (Wildman–Crippen LogP) is -0.101. The van der Waals surface area contributed by atoms with E-state index < -0.39 is 0 Å². The van der Waals surface area contributed by atoms with Crippen LogP contribution in [0.5, 0.6) is 0 Å². The van der Waals surface area contributed by atoms with Crippen LogP contribution in [-0.4, -0.2) is 30.4 Å². The van der Waals surface area contributed by atoms with Crippen molar-refractivity contribution in [1.29, 1.82) is 0 Å². The molecule has 0 aromatic heterocycles. The highest BCUT2D eigenvalue weighted by Gasteiger charge is 2.31. The smallest absolute Gasteiger partial charge is 0.242 e. The van der Waals surface area contributed by atoms with Gasteiger partial charge in [-0.3, -0.25) is 9.59 Å². The maximum absolute atomic E-state index is 12.1. The number of piperidine rings is 1. The summed E-state index contributed by atoms with van der Waals surface area (Å²) in [5.74, 6) is -0.216. The van der Waals surface area contributed by atoms with Gasteiger partial charge in [-0.15, -0.1) is 0 Å². The van der Waals surface area contributed by atoms with Crippen LogP contribution in [0, 0.1) is 5.92 Å². The Morgan fingerprint density at radius 3 is 2.71 bits per heavy atom. The molecule has 17 heavy (non-hydrogen) atoms.